The molecular weight excluding hydrogens is 234 g/mol. The molecule has 86 valence electrons. The molecule has 16 heavy (non-hydrogen) atoms. The van der Waals surface area contributed by atoms with Crippen molar-refractivity contribution in [3.8, 4) is 0 Å². The zero-order valence-corrected chi connectivity index (χ0v) is 9.36. The van der Waals surface area contributed by atoms with Crippen LogP contribution in [0.1, 0.15) is 29.6 Å². The number of hydrogen-bond donors (Lipinski definition) is 0. The number of Topliss-reactive ketones (excluding diaryl/α,β-unsaturated/α-hetero) is 1. The highest BCUT2D eigenvalue weighted by Gasteiger charge is 2.14. The van der Waals surface area contributed by atoms with E-state index in [4.69, 9.17) is 11.6 Å². The van der Waals surface area contributed by atoms with Crippen molar-refractivity contribution in [1.29, 1.82) is 0 Å². The summed E-state index contributed by atoms with van der Waals surface area (Å²) in [7, 11) is 0. The molecule has 1 rings (SSSR count). The van der Waals surface area contributed by atoms with Crippen molar-refractivity contribution < 1.29 is 13.6 Å². The van der Waals surface area contributed by atoms with Crippen LogP contribution in [0.15, 0.2) is 24.8 Å². The van der Waals surface area contributed by atoms with E-state index in [1.807, 2.05) is 0 Å². The number of carbonyl (C=O) groups is 1. The first kappa shape index (κ1) is 12.8. The summed E-state index contributed by atoms with van der Waals surface area (Å²) in [5.74, 6) is -1.99. The second-order valence-electron chi connectivity index (χ2n) is 3.35. The number of allylic oxidation sites excluding steroid dienone is 1. The Bertz CT molecular complexity index is 416. The number of rotatable bonds is 5. The van der Waals surface area contributed by atoms with Crippen LogP contribution in [0.4, 0.5) is 8.78 Å². The first-order valence-corrected chi connectivity index (χ1v) is 5.22. The maximum atomic E-state index is 13.3. The fourth-order valence-electron chi connectivity index (χ4n) is 1.28. The van der Waals surface area contributed by atoms with Crippen LogP contribution in [0.2, 0.25) is 5.02 Å². The fraction of sp³-hybridized carbons (Fsp3) is 0.250. The van der Waals surface area contributed by atoms with Crippen molar-refractivity contribution in [2.45, 2.75) is 19.3 Å². The Labute approximate surface area is 97.7 Å². The SMILES string of the molecule is C=CCCCC(=O)c1cc(F)c(Cl)cc1F. The van der Waals surface area contributed by atoms with Gasteiger partial charge in [-0.3, -0.25) is 4.79 Å². The molecule has 0 aliphatic rings. The van der Waals surface area contributed by atoms with Crippen LogP contribution in [0.3, 0.4) is 0 Å². The van der Waals surface area contributed by atoms with Gasteiger partial charge in [-0.25, -0.2) is 8.78 Å². The molecule has 0 radical (unpaired) electrons. The highest BCUT2D eigenvalue weighted by atomic mass is 35.5. The summed E-state index contributed by atoms with van der Waals surface area (Å²) in [6.07, 6.45) is 3.09. The number of halogens is 3. The van der Waals surface area contributed by atoms with Gasteiger partial charge in [0.2, 0.25) is 0 Å². The van der Waals surface area contributed by atoms with Crippen LogP contribution >= 0.6 is 11.6 Å². The lowest BCUT2D eigenvalue weighted by molar-refractivity contribution is 0.0976. The lowest BCUT2D eigenvalue weighted by atomic mass is 10.0. The molecule has 0 aliphatic heterocycles. The van der Waals surface area contributed by atoms with Gasteiger partial charge in [-0.05, 0) is 25.0 Å². The standard InChI is InChI=1S/C12H11ClF2O/c1-2-3-4-5-12(16)8-6-11(15)9(13)7-10(8)14/h2,6-7H,1,3-5H2. The first-order valence-electron chi connectivity index (χ1n) is 4.85. The summed E-state index contributed by atoms with van der Waals surface area (Å²) in [5, 5.41) is -0.319. The quantitative estimate of drug-likeness (QED) is 0.329. The third-order valence-electron chi connectivity index (χ3n) is 2.12. The van der Waals surface area contributed by atoms with Gasteiger partial charge in [0.25, 0.3) is 0 Å². The van der Waals surface area contributed by atoms with Gasteiger partial charge < -0.3 is 0 Å². The Balaban J connectivity index is 2.83. The number of benzene rings is 1. The summed E-state index contributed by atoms with van der Waals surface area (Å²) in [4.78, 5) is 11.5. The summed E-state index contributed by atoms with van der Waals surface area (Å²) >= 11 is 5.38. The predicted octanol–water partition coefficient (Wildman–Crippen LogP) is 4.16. The second kappa shape index (κ2) is 5.75. The molecule has 4 heteroatoms. The highest BCUT2D eigenvalue weighted by molar-refractivity contribution is 6.30. The number of hydrogen-bond acceptors (Lipinski definition) is 1. The summed E-state index contributed by atoms with van der Waals surface area (Å²) in [6.45, 7) is 3.51. The summed E-state index contributed by atoms with van der Waals surface area (Å²) in [6, 6.07) is 1.66. The Morgan fingerprint density at radius 1 is 1.38 bits per heavy atom. The van der Waals surface area contributed by atoms with E-state index < -0.39 is 17.4 Å². The van der Waals surface area contributed by atoms with Gasteiger partial charge >= 0.3 is 0 Å². The molecule has 1 aromatic carbocycles. The zero-order chi connectivity index (χ0) is 12.1. The van der Waals surface area contributed by atoms with Crippen molar-refractivity contribution in [3.05, 3.63) is 47.0 Å². The van der Waals surface area contributed by atoms with E-state index >= 15 is 0 Å². The molecule has 0 saturated heterocycles. The van der Waals surface area contributed by atoms with Crippen LogP contribution in [0, 0.1) is 11.6 Å². The predicted molar refractivity (Wildman–Crippen MR) is 59.7 cm³/mol. The van der Waals surface area contributed by atoms with Crippen LogP contribution in [-0.2, 0) is 0 Å². The molecule has 0 amide bonds. The lowest BCUT2D eigenvalue weighted by Gasteiger charge is -2.03. The van der Waals surface area contributed by atoms with E-state index in [-0.39, 0.29) is 17.0 Å². The zero-order valence-electron chi connectivity index (χ0n) is 8.60. The van der Waals surface area contributed by atoms with E-state index in [0.717, 1.165) is 12.1 Å². The average molecular weight is 245 g/mol. The first-order chi connectivity index (χ1) is 7.56. The van der Waals surface area contributed by atoms with Crippen molar-refractivity contribution in [2.75, 3.05) is 0 Å². The van der Waals surface area contributed by atoms with E-state index in [1.54, 1.807) is 6.08 Å². The molecule has 1 nitrogen and oxygen atoms in total. The Hall–Kier alpha value is -1.22. The number of ketones is 1. The summed E-state index contributed by atoms with van der Waals surface area (Å²) < 4.78 is 26.3. The molecule has 0 fully saturated rings. The van der Waals surface area contributed by atoms with Crippen LogP contribution in [0.25, 0.3) is 0 Å². The maximum Gasteiger partial charge on any atom is 0.165 e. The minimum absolute atomic E-state index is 0.171. The van der Waals surface area contributed by atoms with Gasteiger partial charge in [0.15, 0.2) is 5.78 Å². The third-order valence-corrected chi connectivity index (χ3v) is 2.41. The van der Waals surface area contributed by atoms with Crippen LogP contribution in [-0.4, -0.2) is 5.78 Å². The van der Waals surface area contributed by atoms with Gasteiger partial charge in [-0.1, -0.05) is 17.7 Å². The van der Waals surface area contributed by atoms with E-state index in [0.29, 0.717) is 12.8 Å². The summed E-state index contributed by atoms with van der Waals surface area (Å²) in [5.41, 5.74) is -0.244. The van der Waals surface area contributed by atoms with Crippen molar-refractivity contribution in [3.63, 3.8) is 0 Å². The largest absolute Gasteiger partial charge is 0.294 e. The minimum atomic E-state index is -0.782. The molecule has 0 N–H and O–H groups in total. The Morgan fingerprint density at radius 3 is 2.69 bits per heavy atom. The fourth-order valence-corrected chi connectivity index (χ4v) is 1.43. The molecule has 0 aliphatic carbocycles. The topological polar surface area (TPSA) is 17.1 Å². The van der Waals surface area contributed by atoms with E-state index in [9.17, 15) is 13.6 Å². The molecule has 0 aromatic heterocycles. The van der Waals surface area contributed by atoms with Gasteiger partial charge in [0.05, 0.1) is 10.6 Å². The highest BCUT2D eigenvalue weighted by Crippen LogP contribution is 2.20. The molecule has 0 bridgehead atoms. The monoisotopic (exact) mass is 244 g/mol. The smallest absolute Gasteiger partial charge is 0.165 e. The maximum absolute atomic E-state index is 13.3. The Kier molecular flexibility index (Phi) is 4.62. The number of carbonyl (C=O) groups excluding carboxylic acids is 1. The Morgan fingerprint density at radius 2 is 2.06 bits per heavy atom. The van der Waals surface area contributed by atoms with Gasteiger partial charge in [0, 0.05) is 6.42 Å². The molecule has 0 heterocycles. The van der Waals surface area contributed by atoms with Crippen LogP contribution < -0.4 is 0 Å². The average Bonchev–Trinajstić information content (AvgIpc) is 2.23. The van der Waals surface area contributed by atoms with Gasteiger partial charge in [-0.15, -0.1) is 6.58 Å². The second-order valence-corrected chi connectivity index (χ2v) is 3.76. The van der Waals surface area contributed by atoms with Gasteiger partial charge in [0.1, 0.15) is 11.6 Å². The molecule has 0 unspecified atom stereocenters. The van der Waals surface area contributed by atoms with Crippen molar-refractivity contribution >= 4 is 17.4 Å². The van der Waals surface area contributed by atoms with Crippen molar-refractivity contribution in [2.24, 2.45) is 0 Å². The third kappa shape index (κ3) is 3.14. The molecule has 1 aromatic rings. The van der Waals surface area contributed by atoms with Gasteiger partial charge in [-0.2, -0.15) is 0 Å². The number of unbranched alkanes of at least 4 members (excludes halogenated alkanes) is 1. The molecule has 0 saturated carbocycles. The van der Waals surface area contributed by atoms with E-state index in [2.05, 4.69) is 6.58 Å². The lowest BCUT2D eigenvalue weighted by Crippen LogP contribution is -2.03. The van der Waals surface area contributed by atoms with Crippen LogP contribution in [0.5, 0.6) is 0 Å². The normalized spacial score (nSPS) is 10.2. The molecular formula is C12H11ClF2O. The molecule has 0 spiro atoms. The minimum Gasteiger partial charge on any atom is -0.294 e. The molecule has 0 atom stereocenters. The van der Waals surface area contributed by atoms with E-state index in [1.165, 1.54) is 0 Å². The van der Waals surface area contributed by atoms with Crippen molar-refractivity contribution in [1.82, 2.24) is 0 Å².